The third kappa shape index (κ3) is 6.14. The SMILES string of the molecule is CC(C)CN(Cc1ccc2occc2c1)C(=O)[C@H](Cc1cccnc1)NS(C)(=O)=O. The summed E-state index contributed by atoms with van der Waals surface area (Å²) in [6, 6.07) is 10.4. The molecule has 2 heterocycles. The fraction of sp³-hybridized carbons (Fsp3) is 0.364. The summed E-state index contributed by atoms with van der Waals surface area (Å²) in [4.78, 5) is 19.2. The third-order valence-corrected chi connectivity index (χ3v) is 5.32. The molecule has 160 valence electrons. The number of aromatic nitrogens is 1. The van der Waals surface area contributed by atoms with E-state index < -0.39 is 16.1 Å². The van der Waals surface area contributed by atoms with Gasteiger partial charge in [-0.1, -0.05) is 26.0 Å². The molecule has 1 amide bonds. The molecule has 1 aromatic carbocycles. The number of sulfonamides is 1. The van der Waals surface area contributed by atoms with Crippen molar-refractivity contribution >= 4 is 26.9 Å². The molecule has 0 radical (unpaired) electrons. The minimum Gasteiger partial charge on any atom is -0.464 e. The van der Waals surface area contributed by atoms with E-state index in [2.05, 4.69) is 9.71 Å². The number of carbonyl (C=O) groups is 1. The third-order valence-electron chi connectivity index (χ3n) is 4.60. The molecule has 2 aromatic heterocycles. The van der Waals surface area contributed by atoms with Gasteiger partial charge in [-0.05, 0) is 47.7 Å². The van der Waals surface area contributed by atoms with Crippen molar-refractivity contribution in [3.63, 3.8) is 0 Å². The van der Waals surface area contributed by atoms with Gasteiger partial charge in [-0.3, -0.25) is 9.78 Å². The summed E-state index contributed by atoms with van der Waals surface area (Å²) < 4.78 is 31.8. The monoisotopic (exact) mass is 429 g/mol. The number of rotatable bonds is 9. The fourth-order valence-electron chi connectivity index (χ4n) is 3.42. The number of hydrogen-bond acceptors (Lipinski definition) is 5. The number of benzene rings is 1. The minimum absolute atomic E-state index is 0.226. The summed E-state index contributed by atoms with van der Waals surface area (Å²) in [5.74, 6) is -0.0332. The van der Waals surface area contributed by atoms with Gasteiger partial charge in [0, 0.05) is 30.9 Å². The van der Waals surface area contributed by atoms with Crippen LogP contribution in [0.25, 0.3) is 11.0 Å². The standard InChI is InChI=1S/C22H27N3O4S/c1-16(2)14-25(15-18-6-7-21-19(11-18)8-10-29-21)22(26)20(24-30(3,27)28)12-17-5-4-9-23-13-17/h4-11,13,16,20,24H,12,14-15H2,1-3H3/t20-/m0/s1. The smallest absolute Gasteiger partial charge is 0.241 e. The lowest BCUT2D eigenvalue weighted by atomic mass is 10.1. The highest BCUT2D eigenvalue weighted by atomic mass is 32.2. The molecule has 7 nitrogen and oxygen atoms in total. The lowest BCUT2D eigenvalue weighted by molar-refractivity contribution is -0.134. The second-order valence-corrected chi connectivity index (χ2v) is 9.69. The maximum atomic E-state index is 13.4. The van der Waals surface area contributed by atoms with Crippen LogP contribution >= 0.6 is 0 Å². The number of amides is 1. The van der Waals surface area contributed by atoms with Gasteiger partial charge in [0.1, 0.15) is 11.6 Å². The number of nitrogens with zero attached hydrogens (tertiary/aromatic N) is 2. The van der Waals surface area contributed by atoms with Crippen molar-refractivity contribution in [2.75, 3.05) is 12.8 Å². The Morgan fingerprint density at radius 2 is 2.00 bits per heavy atom. The number of furan rings is 1. The molecule has 3 aromatic rings. The van der Waals surface area contributed by atoms with E-state index in [0.29, 0.717) is 13.1 Å². The largest absolute Gasteiger partial charge is 0.464 e. The van der Waals surface area contributed by atoms with Crippen LogP contribution in [0.3, 0.4) is 0 Å². The van der Waals surface area contributed by atoms with E-state index in [-0.39, 0.29) is 18.2 Å². The lowest BCUT2D eigenvalue weighted by Gasteiger charge is -2.29. The van der Waals surface area contributed by atoms with Crippen molar-refractivity contribution in [2.24, 2.45) is 5.92 Å². The number of fused-ring (bicyclic) bond motifs is 1. The maximum absolute atomic E-state index is 13.4. The van der Waals surface area contributed by atoms with Crippen LogP contribution in [0, 0.1) is 5.92 Å². The quantitative estimate of drug-likeness (QED) is 0.565. The van der Waals surface area contributed by atoms with E-state index in [1.54, 1.807) is 29.6 Å². The molecule has 30 heavy (non-hydrogen) atoms. The first-order chi connectivity index (χ1) is 14.2. The van der Waals surface area contributed by atoms with E-state index in [0.717, 1.165) is 28.4 Å². The average Bonchev–Trinajstić information content (AvgIpc) is 3.13. The van der Waals surface area contributed by atoms with Crippen LogP contribution in [0.1, 0.15) is 25.0 Å². The summed E-state index contributed by atoms with van der Waals surface area (Å²) in [5.41, 5.74) is 2.53. The number of carbonyl (C=O) groups excluding carboxylic acids is 1. The Bertz CT molecular complexity index is 1090. The van der Waals surface area contributed by atoms with E-state index in [4.69, 9.17) is 4.42 Å². The van der Waals surface area contributed by atoms with Crippen LogP contribution < -0.4 is 4.72 Å². The van der Waals surface area contributed by atoms with Crippen LogP contribution in [0.15, 0.2) is 59.5 Å². The second kappa shape index (κ2) is 9.40. The van der Waals surface area contributed by atoms with Crippen molar-refractivity contribution in [3.05, 3.63) is 66.2 Å². The predicted molar refractivity (Wildman–Crippen MR) is 116 cm³/mol. The van der Waals surface area contributed by atoms with Gasteiger partial charge in [0.25, 0.3) is 0 Å². The molecule has 0 saturated carbocycles. The first kappa shape index (κ1) is 22.0. The Morgan fingerprint density at radius 3 is 2.67 bits per heavy atom. The molecular weight excluding hydrogens is 402 g/mol. The van der Waals surface area contributed by atoms with Crippen LogP contribution in [-0.2, 0) is 27.8 Å². The fourth-order valence-corrected chi connectivity index (χ4v) is 4.12. The molecule has 0 fully saturated rings. The molecule has 0 bridgehead atoms. The van der Waals surface area contributed by atoms with Crippen molar-refractivity contribution < 1.29 is 17.6 Å². The van der Waals surface area contributed by atoms with Gasteiger partial charge in [-0.2, -0.15) is 0 Å². The Kier molecular flexibility index (Phi) is 6.89. The lowest BCUT2D eigenvalue weighted by Crippen LogP contribution is -2.50. The van der Waals surface area contributed by atoms with E-state index in [1.807, 2.05) is 44.2 Å². The highest BCUT2D eigenvalue weighted by Crippen LogP contribution is 2.19. The van der Waals surface area contributed by atoms with E-state index in [1.165, 1.54) is 0 Å². The average molecular weight is 430 g/mol. The van der Waals surface area contributed by atoms with Crippen LogP contribution in [0.2, 0.25) is 0 Å². The molecular formula is C22H27N3O4S. The van der Waals surface area contributed by atoms with Gasteiger partial charge in [0.15, 0.2) is 0 Å². The highest BCUT2D eigenvalue weighted by Gasteiger charge is 2.28. The van der Waals surface area contributed by atoms with Gasteiger partial charge in [-0.25, -0.2) is 13.1 Å². The molecule has 8 heteroatoms. The molecule has 0 aliphatic carbocycles. The highest BCUT2D eigenvalue weighted by molar-refractivity contribution is 7.88. The zero-order valence-corrected chi connectivity index (χ0v) is 18.2. The maximum Gasteiger partial charge on any atom is 0.241 e. The normalized spacial score (nSPS) is 12.9. The molecule has 0 spiro atoms. The summed E-state index contributed by atoms with van der Waals surface area (Å²) in [6.07, 6.45) is 6.21. The Hall–Kier alpha value is -2.71. The van der Waals surface area contributed by atoms with Gasteiger partial charge >= 0.3 is 0 Å². The molecule has 0 saturated heterocycles. The van der Waals surface area contributed by atoms with Gasteiger partial charge in [0.05, 0.1) is 12.5 Å². The van der Waals surface area contributed by atoms with Crippen molar-refractivity contribution in [1.82, 2.24) is 14.6 Å². The second-order valence-electron chi connectivity index (χ2n) is 7.91. The number of hydrogen-bond donors (Lipinski definition) is 1. The summed E-state index contributed by atoms with van der Waals surface area (Å²) in [6.45, 7) is 4.95. The van der Waals surface area contributed by atoms with Crippen LogP contribution in [0.4, 0.5) is 0 Å². The van der Waals surface area contributed by atoms with Gasteiger partial charge in [0.2, 0.25) is 15.9 Å². The summed E-state index contributed by atoms with van der Waals surface area (Å²) >= 11 is 0. The van der Waals surface area contributed by atoms with Crippen LogP contribution in [-0.4, -0.2) is 43.1 Å². The number of nitrogens with one attached hydrogen (secondary N) is 1. The summed E-state index contributed by atoms with van der Waals surface area (Å²) in [5, 5.41) is 0.964. The van der Waals surface area contributed by atoms with Crippen molar-refractivity contribution in [3.8, 4) is 0 Å². The molecule has 0 unspecified atom stereocenters. The van der Waals surface area contributed by atoms with Gasteiger partial charge in [-0.15, -0.1) is 0 Å². The van der Waals surface area contributed by atoms with Crippen LogP contribution in [0.5, 0.6) is 0 Å². The first-order valence-electron chi connectivity index (χ1n) is 9.82. The van der Waals surface area contributed by atoms with Crippen molar-refractivity contribution in [2.45, 2.75) is 32.9 Å². The number of pyridine rings is 1. The molecule has 3 rings (SSSR count). The topological polar surface area (TPSA) is 92.5 Å². The van der Waals surface area contributed by atoms with E-state index in [9.17, 15) is 13.2 Å². The minimum atomic E-state index is -3.57. The molecule has 1 N–H and O–H groups in total. The molecule has 1 atom stereocenters. The molecule has 0 aliphatic heterocycles. The first-order valence-corrected chi connectivity index (χ1v) is 11.7. The Morgan fingerprint density at radius 1 is 1.20 bits per heavy atom. The summed E-state index contributed by atoms with van der Waals surface area (Å²) in [7, 11) is -3.57. The van der Waals surface area contributed by atoms with Gasteiger partial charge < -0.3 is 9.32 Å². The predicted octanol–water partition coefficient (Wildman–Crippen LogP) is 2.97. The van der Waals surface area contributed by atoms with E-state index >= 15 is 0 Å². The van der Waals surface area contributed by atoms with Crippen molar-refractivity contribution in [1.29, 1.82) is 0 Å². The Labute approximate surface area is 177 Å². The Balaban J connectivity index is 1.87. The molecule has 0 aliphatic rings. The zero-order chi connectivity index (χ0) is 21.7. The zero-order valence-electron chi connectivity index (χ0n) is 17.4.